The number of nitrogens with zero attached hydrogens (tertiary/aromatic N) is 1. The molecular formula is C21H21N3O3S. The molecule has 1 aromatic heterocycles. The third kappa shape index (κ3) is 4.81. The van der Waals surface area contributed by atoms with Crippen LogP contribution in [0.2, 0.25) is 0 Å². The number of aromatic nitrogens is 1. The largest absolute Gasteiger partial charge is 0.350 e. The first-order chi connectivity index (χ1) is 13.8. The average molecular weight is 395 g/mol. The van der Waals surface area contributed by atoms with Crippen molar-refractivity contribution >= 4 is 34.4 Å². The number of amides is 1. The van der Waals surface area contributed by atoms with E-state index in [1.807, 2.05) is 48.5 Å². The monoisotopic (exact) mass is 395 g/mol. The molecule has 1 atom stereocenters. The van der Waals surface area contributed by atoms with Gasteiger partial charge in [-0.05, 0) is 61.2 Å². The number of ether oxygens (including phenoxy) is 1. The van der Waals surface area contributed by atoms with Crippen LogP contribution in [0.25, 0.3) is 10.9 Å². The number of fused-ring (bicyclic) bond motifs is 1. The molecule has 0 saturated carbocycles. The Morgan fingerprint density at radius 2 is 2.04 bits per heavy atom. The van der Waals surface area contributed by atoms with Gasteiger partial charge in [0.1, 0.15) is 0 Å². The third-order valence-electron chi connectivity index (χ3n) is 4.39. The lowest BCUT2D eigenvalue weighted by Gasteiger charge is -2.22. The smallest absolute Gasteiger partial charge is 0.276 e. The van der Waals surface area contributed by atoms with E-state index in [0.29, 0.717) is 12.2 Å². The second-order valence-corrected chi connectivity index (χ2v) is 7.37. The molecule has 6 nitrogen and oxygen atoms in total. The standard InChI is InChI=1S/C21H21N3O3S/c25-21(23-27-20-8-4-5-11-26-20)16-12-15-13-17(9-10-19(15)22-14-16)24-28-18-6-2-1-3-7-18/h1-3,6-7,9-10,12-14,20,24H,4-5,8,11H2,(H,23,25). The molecule has 0 bridgehead atoms. The summed E-state index contributed by atoms with van der Waals surface area (Å²) >= 11 is 1.53. The fourth-order valence-electron chi connectivity index (χ4n) is 2.91. The molecule has 4 rings (SSSR count). The predicted molar refractivity (Wildman–Crippen MR) is 110 cm³/mol. The lowest BCUT2D eigenvalue weighted by atomic mass is 10.1. The summed E-state index contributed by atoms with van der Waals surface area (Å²) in [6, 6.07) is 17.7. The molecule has 0 spiro atoms. The number of hydrogen-bond acceptors (Lipinski definition) is 6. The van der Waals surface area contributed by atoms with E-state index in [1.54, 1.807) is 12.3 Å². The molecule has 3 aromatic rings. The van der Waals surface area contributed by atoms with E-state index >= 15 is 0 Å². The highest BCUT2D eigenvalue weighted by Gasteiger charge is 2.16. The Labute approximate surface area is 167 Å². The van der Waals surface area contributed by atoms with Gasteiger partial charge in [-0.15, -0.1) is 0 Å². The van der Waals surface area contributed by atoms with Gasteiger partial charge >= 0.3 is 0 Å². The highest BCUT2D eigenvalue weighted by Crippen LogP contribution is 2.24. The number of benzene rings is 2. The van der Waals surface area contributed by atoms with Crippen LogP contribution in [0.4, 0.5) is 5.69 Å². The van der Waals surface area contributed by atoms with Gasteiger partial charge in [0.2, 0.25) is 0 Å². The number of pyridine rings is 1. The molecule has 7 heteroatoms. The van der Waals surface area contributed by atoms with E-state index in [9.17, 15) is 4.79 Å². The summed E-state index contributed by atoms with van der Waals surface area (Å²) < 4.78 is 8.77. The van der Waals surface area contributed by atoms with E-state index in [2.05, 4.69) is 15.2 Å². The molecule has 0 radical (unpaired) electrons. The molecule has 2 heterocycles. The summed E-state index contributed by atoms with van der Waals surface area (Å²) in [7, 11) is 0. The van der Waals surface area contributed by atoms with Crippen LogP contribution < -0.4 is 10.2 Å². The van der Waals surface area contributed by atoms with E-state index < -0.39 is 0 Å². The lowest BCUT2D eigenvalue weighted by Crippen LogP contribution is -2.33. The molecule has 28 heavy (non-hydrogen) atoms. The lowest BCUT2D eigenvalue weighted by molar-refractivity contribution is -0.186. The molecule has 1 aliphatic rings. The summed E-state index contributed by atoms with van der Waals surface area (Å²) in [6.45, 7) is 0.662. The Balaban J connectivity index is 1.42. The van der Waals surface area contributed by atoms with Gasteiger partial charge in [-0.3, -0.25) is 9.78 Å². The van der Waals surface area contributed by atoms with Crippen LogP contribution in [-0.2, 0) is 9.57 Å². The highest BCUT2D eigenvalue weighted by molar-refractivity contribution is 8.00. The molecular weight excluding hydrogens is 374 g/mol. The number of anilines is 1. The summed E-state index contributed by atoms with van der Waals surface area (Å²) in [4.78, 5) is 23.2. The van der Waals surface area contributed by atoms with Crippen LogP contribution in [0, 0.1) is 0 Å². The number of carbonyl (C=O) groups is 1. The molecule has 144 valence electrons. The molecule has 1 amide bonds. The normalized spacial score (nSPS) is 16.6. The van der Waals surface area contributed by atoms with E-state index in [1.165, 1.54) is 11.9 Å². The SMILES string of the molecule is O=C(NOC1CCCCO1)c1cnc2ccc(NSc3ccccc3)cc2c1. The predicted octanol–water partition coefficient (Wildman–Crippen LogP) is 4.54. The third-order valence-corrected chi connectivity index (χ3v) is 5.24. The quantitative estimate of drug-likeness (QED) is 0.472. The van der Waals surface area contributed by atoms with Gasteiger partial charge < -0.3 is 9.46 Å². The molecule has 1 saturated heterocycles. The minimum Gasteiger partial charge on any atom is -0.350 e. The van der Waals surface area contributed by atoms with Crippen LogP contribution >= 0.6 is 11.9 Å². The van der Waals surface area contributed by atoms with E-state index in [4.69, 9.17) is 9.57 Å². The summed E-state index contributed by atoms with van der Waals surface area (Å²) in [5.74, 6) is -0.333. The van der Waals surface area contributed by atoms with Gasteiger partial charge in [0.25, 0.3) is 5.91 Å². The van der Waals surface area contributed by atoms with E-state index in [0.717, 1.165) is 40.7 Å². The Kier molecular flexibility index (Phi) is 6.06. The van der Waals surface area contributed by atoms with Crippen LogP contribution in [0.15, 0.2) is 65.7 Å². The van der Waals surface area contributed by atoms with Gasteiger partial charge in [-0.1, -0.05) is 18.2 Å². The molecule has 1 unspecified atom stereocenters. The minimum atomic E-state index is -0.378. The average Bonchev–Trinajstić information content (AvgIpc) is 2.77. The fourth-order valence-corrected chi connectivity index (χ4v) is 3.56. The zero-order valence-corrected chi connectivity index (χ0v) is 16.1. The Hall–Kier alpha value is -2.61. The van der Waals surface area contributed by atoms with Gasteiger partial charge in [0.15, 0.2) is 6.29 Å². The van der Waals surface area contributed by atoms with Crippen LogP contribution in [0.1, 0.15) is 29.6 Å². The van der Waals surface area contributed by atoms with Crippen LogP contribution in [-0.4, -0.2) is 23.8 Å². The number of hydrogen-bond donors (Lipinski definition) is 2. The Morgan fingerprint density at radius 1 is 1.14 bits per heavy atom. The van der Waals surface area contributed by atoms with Crippen molar-refractivity contribution in [3.63, 3.8) is 0 Å². The first-order valence-electron chi connectivity index (χ1n) is 9.23. The first kappa shape index (κ1) is 18.7. The first-order valence-corrected chi connectivity index (χ1v) is 10.0. The molecule has 0 aliphatic carbocycles. The number of hydroxylamine groups is 1. The summed E-state index contributed by atoms with van der Waals surface area (Å²) in [5.41, 5.74) is 4.67. The van der Waals surface area contributed by atoms with Crippen molar-refractivity contribution in [1.29, 1.82) is 0 Å². The number of nitrogens with one attached hydrogen (secondary N) is 2. The number of rotatable bonds is 6. The maximum atomic E-state index is 12.4. The molecule has 1 fully saturated rings. The second kappa shape index (κ2) is 9.05. The van der Waals surface area contributed by atoms with Gasteiger partial charge in [-0.2, -0.15) is 0 Å². The highest BCUT2D eigenvalue weighted by atomic mass is 32.2. The van der Waals surface area contributed by atoms with Gasteiger partial charge in [-0.25, -0.2) is 10.3 Å². The van der Waals surface area contributed by atoms with Crippen molar-refractivity contribution in [2.45, 2.75) is 30.4 Å². The van der Waals surface area contributed by atoms with Crippen molar-refractivity contribution in [1.82, 2.24) is 10.5 Å². The van der Waals surface area contributed by atoms with Crippen LogP contribution in [0.3, 0.4) is 0 Å². The number of carbonyl (C=O) groups excluding carboxylic acids is 1. The molecule has 1 aliphatic heterocycles. The van der Waals surface area contributed by atoms with Crippen molar-refractivity contribution in [2.24, 2.45) is 0 Å². The van der Waals surface area contributed by atoms with Crippen molar-refractivity contribution in [3.8, 4) is 0 Å². The summed E-state index contributed by atoms with van der Waals surface area (Å²) in [5, 5.41) is 0.875. The van der Waals surface area contributed by atoms with Crippen molar-refractivity contribution in [3.05, 3.63) is 66.4 Å². The zero-order chi connectivity index (χ0) is 19.2. The Morgan fingerprint density at radius 3 is 2.86 bits per heavy atom. The summed E-state index contributed by atoms with van der Waals surface area (Å²) in [6.07, 6.45) is 4.02. The molecule has 2 N–H and O–H groups in total. The topological polar surface area (TPSA) is 72.5 Å². The van der Waals surface area contributed by atoms with Crippen molar-refractivity contribution in [2.75, 3.05) is 11.3 Å². The second-order valence-electron chi connectivity index (χ2n) is 6.49. The Bertz CT molecular complexity index is 946. The van der Waals surface area contributed by atoms with Crippen molar-refractivity contribution < 1.29 is 14.4 Å². The van der Waals surface area contributed by atoms with Gasteiger partial charge in [0.05, 0.1) is 11.1 Å². The van der Waals surface area contributed by atoms with Crippen LogP contribution in [0.5, 0.6) is 0 Å². The molecule has 2 aromatic carbocycles. The maximum Gasteiger partial charge on any atom is 0.276 e. The fraction of sp³-hybridized carbons (Fsp3) is 0.238. The zero-order valence-electron chi connectivity index (χ0n) is 15.3. The van der Waals surface area contributed by atoms with Gasteiger partial charge in [0, 0.05) is 35.2 Å². The minimum absolute atomic E-state index is 0.333. The maximum absolute atomic E-state index is 12.4. The van der Waals surface area contributed by atoms with E-state index in [-0.39, 0.29) is 12.2 Å².